The van der Waals surface area contributed by atoms with Crippen LogP contribution in [0.25, 0.3) is 22.6 Å². The SMILES string of the molecule is CCn1ncc(-c2nc3c(O[C@H]4CCN(SC(C)C)C4)ncnc3n2C)c1C. The highest BCUT2D eigenvalue weighted by molar-refractivity contribution is 7.97. The fourth-order valence-corrected chi connectivity index (χ4v) is 4.70. The average molecular weight is 402 g/mol. The van der Waals surface area contributed by atoms with Gasteiger partial charge in [0.15, 0.2) is 11.2 Å². The minimum atomic E-state index is 0.124. The minimum absolute atomic E-state index is 0.124. The number of rotatable bonds is 6. The molecule has 0 saturated carbocycles. The van der Waals surface area contributed by atoms with Gasteiger partial charge < -0.3 is 9.30 Å². The van der Waals surface area contributed by atoms with Gasteiger partial charge in [0.2, 0.25) is 5.88 Å². The molecule has 0 aromatic carbocycles. The zero-order chi connectivity index (χ0) is 19.8. The second kappa shape index (κ2) is 7.71. The van der Waals surface area contributed by atoms with E-state index in [9.17, 15) is 0 Å². The number of fused-ring (bicyclic) bond motifs is 1. The summed E-state index contributed by atoms with van der Waals surface area (Å²) < 4.78 is 12.6. The van der Waals surface area contributed by atoms with Crippen LogP contribution in [0.1, 0.15) is 32.9 Å². The van der Waals surface area contributed by atoms with Gasteiger partial charge in [-0.3, -0.25) is 4.68 Å². The van der Waals surface area contributed by atoms with Gasteiger partial charge in [-0.2, -0.15) is 10.1 Å². The number of ether oxygens (including phenoxy) is 1. The van der Waals surface area contributed by atoms with Crippen LogP contribution in [0.5, 0.6) is 5.88 Å². The number of aromatic nitrogens is 6. The highest BCUT2D eigenvalue weighted by Crippen LogP contribution is 2.31. The Kier molecular flexibility index (Phi) is 5.29. The molecular formula is C19H27N7OS. The highest BCUT2D eigenvalue weighted by Gasteiger charge is 2.27. The third-order valence-electron chi connectivity index (χ3n) is 5.01. The molecule has 0 spiro atoms. The smallest absolute Gasteiger partial charge is 0.245 e. The summed E-state index contributed by atoms with van der Waals surface area (Å²) in [7, 11) is 1.97. The summed E-state index contributed by atoms with van der Waals surface area (Å²) in [6.07, 6.45) is 4.54. The fraction of sp³-hybridized carbons (Fsp3) is 0.579. The maximum Gasteiger partial charge on any atom is 0.245 e. The predicted octanol–water partition coefficient (Wildman–Crippen LogP) is 3.06. The molecular weight excluding hydrogens is 374 g/mol. The van der Waals surface area contributed by atoms with Crippen LogP contribution in [0, 0.1) is 6.92 Å². The molecule has 3 aromatic rings. The summed E-state index contributed by atoms with van der Waals surface area (Å²) in [5, 5.41) is 5.03. The Labute approximate surface area is 169 Å². The lowest BCUT2D eigenvalue weighted by Crippen LogP contribution is -2.22. The number of hydrogen-bond donors (Lipinski definition) is 0. The molecule has 1 aliphatic rings. The van der Waals surface area contributed by atoms with Gasteiger partial charge >= 0.3 is 0 Å². The van der Waals surface area contributed by atoms with Crippen molar-refractivity contribution < 1.29 is 4.74 Å². The van der Waals surface area contributed by atoms with Crippen molar-refractivity contribution in [1.29, 1.82) is 0 Å². The summed E-state index contributed by atoms with van der Waals surface area (Å²) in [6, 6.07) is 0. The van der Waals surface area contributed by atoms with Crippen molar-refractivity contribution in [3.05, 3.63) is 18.2 Å². The van der Waals surface area contributed by atoms with Crippen LogP contribution in [-0.2, 0) is 13.6 Å². The van der Waals surface area contributed by atoms with E-state index >= 15 is 0 Å². The molecule has 150 valence electrons. The monoisotopic (exact) mass is 401 g/mol. The third-order valence-corrected chi connectivity index (χ3v) is 6.06. The highest BCUT2D eigenvalue weighted by atomic mass is 32.2. The summed E-state index contributed by atoms with van der Waals surface area (Å²) in [6.45, 7) is 11.3. The molecule has 0 radical (unpaired) electrons. The van der Waals surface area contributed by atoms with Gasteiger partial charge in [-0.05, 0) is 20.3 Å². The Balaban J connectivity index is 1.63. The zero-order valence-corrected chi connectivity index (χ0v) is 17.9. The topological polar surface area (TPSA) is 73.9 Å². The number of nitrogens with zero attached hydrogens (tertiary/aromatic N) is 7. The maximum atomic E-state index is 6.26. The third kappa shape index (κ3) is 3.48. The van der Waals surface area contributed by atoms with Gasteiger partial charge in [0.05, 0.1) is 11.8 Å². The second-order valence-corrected chi connectivity index (χ2v) is 9.05. The molecule has 4 rings (SSSR count). The van der Waals surface area contributed by atoms with Gasteiger partial charge in [0, 0.05) is 37.6 Å². The number of imidazole rings is 1. The molecule has 4 heterocycles. The molecule has 1 atom stereocenters. The van der Waals surface area contributed by atoms with Crippen LogP contribution in [0.4, 0.5) is 0 Å². The van der Waals surface area contributed by atoms with E-state index in [1.807, 2.05) is 34.4 Å². The van der Waals surface area contributed by atoms with Gasteiger partial charge in [-0.15, -0.1) is 0 Å². The van der Waals surface area contributed by atoms with E-state index in [0.717, 1.165) is 48.8 Å². The van der Waals surface area contributed by atoms with Crippen LogP contribution in [0.2, 0.25) is 0 Å². The van der Waals surface area contributed by atoms with Crippen molar-refractivity contribution in [3.63, 3.8) is 0 Å². The largest absolute Gasteiger partial charge is 0.471 e. The van der Waals surface area contributed by atoms with Crippen molar-refractivity contribution in [2.75, 3.05) is 13.1 Å². The maximum absolute atomic E-state index is 6.26. The standard InChI is InChI=1S/C19H27N7OS/c1-6-26-13(4)15(9-22-26)17-23-16-18(24(17)5)20-11-21-19(16)27-14-7-8-25(10-14)28-12(2)3/h9,11-12,14H,6-8,10H2,1-5H3/t14-/m0/s1. The molecule has 0 bridgehead atoms. The van der Waals surface area contributed by atoms with E-state index in [2.05, 4.69) is 47.1 Å². The molecule has 3 aromatic heterocycles. The molecule has 0 unspecified atom stereocenters. The van der Waals surface area contributed by atoms with Crippen molar-refractivity contribution in [2.45, 2.75) is 52.0 Å². The summed E-state index contributed by atoms with van der Waals surface area (Å²) in [5.41, 5.74) is 3.58. The summed E-state index contributed by atoms with van der Waals surface area (Å²) in [4.78, 5) is 13.7. The molecule has 0 amide bonds. The average Bonchev–Trinajstić information content (AvgIpc) is 3.33. The van der Waals surface area contributed by atoms with Crippen molar-refractivity contribution in [1.82, 2.24) is 33.6 Å². The van der Waals surface area contributed by atoms with Crippen LogP contribution in [-0.4, -0.2) is 58.0 Å². The second-order valence-electron chi connectivity index (χ2n) is 7.38. The molecule has 1 aliphatic heterocycles. The van der Waals surface area contributed by atoms with Crippen LogP contribution < -0.4 is 4.74 Å². The van der Waals surface area contributed by atoms with E-state index in [1.165, 1.54) is 0 Å². The normalized spacial score (nSPS) is 17.9. The van der Waals surface area contributed by atoms with Crippen LogP contribution in [0.3, 0.4) is 0 Å². The molecule has 28 heavy (non-hydrogen) atoms. The van der Waals surface area contributed by atoms with Crippen molar-refractivity contribution in [3.8, 4) is 17.3 Å². The lowest BCUT2D eigenvalue weighted by atomic mass is 10.2. The molecule has 0 N–H and O–H groups in total. The van der Waals surface area contributed by atoms with E-state index in [4.69, 9.17) is 9.72 Å². The fourth-order valence-electron chi connectivity index (χ4n) is 3.64. The Morgan fingerprint density at radius 1 is 1.32 bits per heavy atom. The predicted molar refractivity (Wildman–Crippen MR) is 111 cm³/mol. The van der Waals surface area contributed by atoms with Crippen LogP contribution in [0.15, 0.2) is 12.5 Å². The number of hydrogen-bond acceptors (Lipinski definition) is 7. The Bertz CT molecular complexity index is 980. The molecule has 8 nitrogen and oxygen atoms in total. The molecule has 1 fully saturated rings. The quantitative estimate of drug-likeness (QED) is 0.588. The number of aryl methyl sites for hydroxylation is 2. The first-order chi connectivity index (χ1) is 13.5. The summed E-state index contributed by atoms with van der Waals surface area (Å²) in [5.74, 6) is 1.40. The lowest BCUT2D eigenvalue weighted by molar-refractivity contribution is 0.210. The van der Waals surface area contributed by atoms with E-state index < -0.39 is 0 Å². The first kappa shape index (κ1) is 19.2. The van der Waals surface area contributed by atoms with Crippen LogP contribution >= 0.6 is 11.9 Å². The Morgan fingerprint density at radius 3 is 2.86 bits per heavy atom. The first-order valence-corrected chi connectivity index (χ1v) is 10.6. The molecule has 9 heteroatoms. The minimum Gasteiger partial charge on any atom is -0.471 e. The lowest BCUT2D eigenvalue weighted by Gasteiger charge is -2.17. The molecule has 0 aliphatic carbocycles. The van der Waals surface area contributed by atoms with E-state index in [-0.39, 0.29) is 6.10 Å². The molecule has 1 saturated heterocycles. The van der Waals surface area contributed by atoms with Crippen molar-refractivity contribution in [2.24, 2.45) is 7.05 Å². The van der Waals surface area contributed by atoms with Gasteiger partial charge in [-0.1, -0.05) is 25.8 Å². The Hall–Kier alpha value is -2.13. The van der Waals surface area contributed by atoms with Gasteiger partial charge in [-0.25, -0.2) is 14.3 Å². The Morgan fingerprint density at radius 2 is 2.14 bits per heavy atom. The van der Waals surface area contributed by atoms with E-state index in [0.29, 0.717) is 16.6 Å². The summed E-state index contributed by atoms with van der Waals surface area (Å²) >= 11 is 1.88. The van der Waals surface area contributed by atoms with E-state index in [1.54, 1.807) is 6.33 Å². The first-order valence-electron chi connectivity index (χ1n) is 9.76. The van der Waals surface area contributed by atoms with Gasteiger partial charge in [0.25, 0.3) is 0 Å². The van der Waals surface area contributed by atoms with Gasteiger partial charge in [0.1, 0.15) is 18.3 Å². The zero-order valence-electron chi connectivity index (χ0n) is 17.1. The van der Waals surface area contributed by atoms with Crippen molar-refractivity contribution >= 4 is 23.1 Å².